The van der Waals surface area contributed by atoms with Crippen molar-refractivity contribution in [1.29, 1.82) is 0 Å². The first-order chi connectivity index (χ1) is 8.15. The normalized spacial score (nSPS) is 18.5. The van der Waals surface area contributed by atoms with Crippen molar-refractivity contribution in [2.45, 2.75) is 44.7 Å². The third-order valence-corrected chi connectivity index (χ3v) is 3.72. The molecule has 0 saturated heterocycles. The Kier molecular flexibility index (Phi) is 3.79. The summed E-state index contributed by atoms with van der Waals surface area (Å²) in [6, 6.07) is 5.14. The Morgan fingerprint density at radius 1 is 1.35 bits per heavy atom. The topological polar surface area (TPSA) is 32.3 Å². The van der Waals surface area contributed by atoms with Crippen molar-refractivity contribution in [2.75, 3.05) is 6.61 Å². The Morgan fingerprint density at radius 2 is 2.06 bits per heavy atom. The molecule has 1 aliphatic carbocycles. The van der Waals surface area contributed by atoms with Gasteiger partial charge in [0.1, 0.15) is 5.82 Å². The molecule has 2 rings (SSSR count). The first-order valence-corrected chi connectivity index (χ1v) is 6.26. The lowest BCUT2D eigenvalue weighted by atomic mass is 9.98. The van der Waals surface area contributed by atoms with Crippen molar-refractivity contribution in [1.82, 2.24) is 5.32 Å². The van der Waals surface area contributed by atoms with Gasteiger partial charge in [0.15, 0.2) is 0 Å². The minimum Gasteiger partial charge on any atom is -0.394 e. The summed E-state index contributed by atoms with van der Waals surface area (Å²) in [7, 11) is 0. The second-order valence-corrected chi connectivity index (χ2v) is 5.09. The van der Waals surface area contributed by atoms with Crippen LogP contribution < -0.4 is 5.32 Å². The van der Waals surface area contributed by atoms with E-state index in [2.05, 4.69) is 5.32 Å². The summed E-state index contributed by atoms with van der Waals surface area (Å²) >= 11 is 0. The summed E-state index contributed by atoms with van der Waals surface area (Å²) in [5.74, 6) is -0.172. The molecule has 0 radical (unpaired) electrons. The van der Waals surface area contributed by atoms with Gasteiger partial charge in [0.2, 0.25) is 0 Å². The molecule has 0 aliphatic heterocycles. The van der Waals surface area contributed by atoms with E-state index in [1.54, 1.807) is 6.07 Å². The summed E-state index contributed by atoms with van der Waals surface area (Å²) in [6.45, 7) is 2.59. The maximum atomic E-state index is 13.6. The second kappa shape index (κ2) is 5.15. The lowest BCUT2D eigenvalue weighted by Crippen LogP contribution is -2.45. The summed E-state index contributed by atoms with van der Waals surface area (Å²) in [6.07, 6.45) is 4.25. The minimum absolute atomic E-state index is 0.139. The lowest BCUT2D eigenvalue weighted by molar-refractivity contribution is 0.162. The van der Waals surface area contributed by atoms with Gasteiger partial charge in [-0.1, -0.05) is 30.5 Å². The number of aliphatic hydroxyl groups is 1. The van der Waals surface area contributed by atoms with Crippen LogP contribution in [-0.2, 0) is 6.54 Å². The van der Waals surface area contributed by atoms with Crippen LogP contribution in [0.25, 0.3) is 0 Å². The van der Waals surface area contributed by atoms with E-state index >= 15 is 0 Å². The quantitative estimate of drug-likeness (QED) is 0.843. The fourth-order valence-electron chi connectivity index (χ4n) is 2.56. The number of aryl methyl sites for hydroxylation is 1. The SMILES string of the molecule is Cc1ccc(F)c(CNC2(CO)CCCC2)c1. The zero-order chi connectivity index (χ0) is 12.3. The largest absolute Gasteiger partial charge is 0.394 e. The summed E-state index contributed by atoms with van der Waals surface area (Å²) in [4.78, 5) is 0. The first-order valence-electron chi connectivity index (χ1n) is 6.26. The Bertz CT molecular complexity index is 386. The number of halogens is 1. The van der Waals surface area contributed by atoms with E-state index in [1.165, 1.54) is 6.07 Å². The third kappa shape index (κ3) is 2.85. The highest BCUT2D eigenvalue weighted by Crippen LogP contribution is 2.29. The monoisotopic (exact) mass is 237 g/mol. The molecule has 94 valence electrons. The zero-order valence-corrected chi connectivity index (χ0v) is 10.3. The van der Waals surface area contributed by atoms with E-state index in [1.807, 2.05) is 13.0 Å². The molecule has 1 aromatic rings. The van der Waals surface area contributed by atoms with Crippen LogP contribution >= 0.6 is 0 Å². The standard InChI is InChI=1S/C14H20FNO/c1-11-4-5-13(15)12(8-11)9-16-14(10-17)6-2-3-7-14/h4-5,8,16-17H,2-3,6-7,9-10H2,1H3. The smallest absolute Gasteiger partial charge is 0.127 e. The van der Waals surface area contributed by atoms with E-state index in [0.29, 0.717) is 12.1 Å². The van der Waals surface area contributed by atoms with Crippen LogP contribution in [0.2, 0.25) is 0 Å². The number of benzene rings is 1. The second-order valence-electron chi connectivity index (χ2n) is 5.09. The molecule has 0 unspecified atom stereocenters. The molecular weight excluding hydrogens is 217 g/mol. The Labute approximate surface area is 102 Å². The van der Waals surface area contributed by atoms with Crippen LogP contribution in [0.3, 0.4) is 0 Å². The van der Waals surface area contributed by atoms with Gasteiger partial charge >= 0.3 is 0 Å². The predicted molar refractivity (Wildman–Crippen MR) is 66.3 cm³/mol. The third-order valence-electron chi connectivity index (χ3n) is 3.72. The Hall–Kier alpha value is -0.930. The van der Waals surface area contributed by atoms with Crippen LogP contribution in [0.1, 0.15) is 36.8 Å². The maximum Gasteiger partial charge on any atom is 0.127 e. The molecule has 3 heteroatoms. The van der Waals surface area contributed by atoms with E-state index in [9.17, 15) is 9.50 Å². The number of hydrogen-bond acceptors (Lipinski definition) is 2. The van der Waals surface area contributed by atoms with E-state index in [4.69, 9.17) is 0 Å². The van der Waals surface area contributed by atoms with Crippen LogP contribution in [0, 0.1) is 12.7 Å². The molecule has 0 amide bonds. The molecule has 0 spiro atoms. The van der Waals surface area contributed by atoms with E-state index < -0.39 is 0 Å². The molecule has 0 bridgehead atoms. The van der Waals surface area contributed by atoms with Crippen LogP contribution in [0.5, 0.6) is 0 Å². The Balaban J connectivity index is 2.03. The van der Waals surface area contributed by atoms with Gasteiger partial charge in [0.05, 0.1) is 6.61 Å². The molecule has 1 saturated carbocycles. The van der Waals surface area contributed by atoms with Gasteiger partial charge in [-0.05, 0) is 25.8 Å². The van der Waals surface area contributed by atoms with Crippen molar-refractivity contribution in [3.63, 3.8) is 0 Å². The van der Waals surface area contributed by atoms with Gasteiger partial charge in [0.25, 0.3) is 0 Å². The van der Waals surface area contributed by atoms with Crippen molar-refractivity contribution in [2.24, 2.45) is 0 Å². The van der Waals surface area contributed by atoms with Gasteiger partial charge in [-0.3, -0.25) is 0 Å². The predicted octanol–water partition coefficient (Wildman–Crippen LogP) is 2.53. The molecule has 1 fully saturated rings. The first kappa shape index (κ1) is 12.5. The number of hydrogen-bond donors (Lipinski definition) is 2. The minimum atomic E-state index is -0.184. The van der Waals surface area contributed by atoms with Crippen molar-refractivity contribution in [3.8, 4) is 0 Å². The number of aliphatic hydroxyl groups excluding tert-OH is 1. The molecule has 2 N–H and O–H groups in total. The fraction of sp³-hybridized carbons (Fsp3) is 0.571. The van der Waals surface area contributed by atoms with E-state index in [0.717, 1.165) is 31.2 Å². The maximum absolute atomic E-state index is 13.6. The highest BCUT2D eigenvalue weighted by Gasteiger charge is 2.32. The van der Waals surface area contributed by atoms with Crippen LogP contribution in [0.4, 0.5) is 4.39 Å². The number of rotatable bonds is 4. The molecule has 0 atom stereocenters. The van der Waals surface area contributed by atoms with Crippen molar-refractivity contribution >= 4 is 0 Å². The molecule has 2 nitrogen and oxygen atoms in total. The zero-order valence-electron chi connectivity index (χ0n) is 10.3. The molecule has 17 heavy (non-hydrogen) atoms. The Morgan fingerprint density at radius 3 is 2.71 bits per heavy atom. The van der Waals surface area contributed by atoms with Crippen LogP contribution in [-0.4, -0.2) is 17.3 Å². The van der Waals surface area contributed by atoms with Crippen molar-refractivity contribution < 1.29 is 9.50 Å². The molecular formula is C14H20FNO. The molecule has 0 aromatic heterocycles. The average Bonchev–Trinajstić information content (AvgIpc) is 2.80. The lowest BCUT2D eigenvalue weighted by Gasteiger charge is -2.28. The van der Waals surface area contributed by atoms with E-state index in [-0.39, 0.29) is 18.0 Å². The van der Waals surface area contributed by atoms with Gasteiger partial charge in [-0.15, -0.1) is 0 Å². The molecule has 0 heterocycles. The van der Waals surface area contributed by atoms with Gasteiger partial charge < -0.3 is 10.4 Å². The van der Waals surface area contributed by atoms with Crippen LogP contribution in [0.15, 0.2) is 18.2 Å². The highest BCUT2D eigenvalue weighted by atomic mass is 19.1. The van der Waals surface area contributed by atoms with Crippen molar-refractivity contribution in [3.05, 3.63) is 35.1 Å². The molecule has 1 aliphatic rings. The van der Waals surface area contributed by atoms with Gasteiger partial charge in [0, 0.05) is 17.6 Å². The molecule has 1 aromatic carbocycles. The number of nitrogens with one attached hydrogen (secondary N) is 1. The van der Waals surface area contributed by atoms with Gasteiger partial charge in [-0.2, -0.15) is 0 Å². The summed E-state index contributed by atoms with van der Waals surface area (Å²) < 4.78 is 13.6. The van der Waals surface area contributed by atoms with Gasteiger partial charge in [-0.25, -0.2) is 4.39 Å². The average molecular weight is 237 g/mol. The summed E-state index contributed by atoms with van der Waals surface area (Å²) in [5.41, 5.74) is 1.56. The highest BCUT2D eigenvalue weighted by molar-refractivity contribution is 5.24. The fourth-order valence-corrected chi connectivity index (χ4v) is 2.56. The summed E-state index contributed by atoms with van der Waals surface area (Å²) in [5, 5.41) is 12.8.